The predicted molar refractivity (Wildman–Crippen MR) is 135 cm³/mol. The normalized spacial score (nSPS) is 11.1. The first-order valence-electron chi connectivity index (χ1n) is 10.2. The van der Waals surface area contributed by atoms with E-state index < -0.39 is 0 Å². The van der Waals surface area contributed by atoms with Crippen molar-refractivity contribution in [2.45, 2.75) is 24.9 Å². The molecular formula is C25H22BrN3O2S. The Morgan fingerprint density at radius 3 is 2.47 bits per heavy atom. The van der Waals surface area contributed by atoms with Crippen LogP contribution in [0.3, 0.4) is 0 Å². The van der Waals surface area contributed by atoms with Crippen LogP contribution in [0.25, 0.3) is 16.6 Å². The summed E-state index contributed by atoms with van der Waals surface area (Å²) in [6, 6.07) is 22.5. The number of hydrogen-bond acceptors (Lipinski definition) is 4. The average Bonchev–Trinajstić information content (AvgIpc) is 2.79. The SMILES string of the molecule is CC(C)c1ccccc1-n1c(SCC(=O)Nc2ccc(Br)cc2)nc2ccccc2c1=O. The average molecular weight is 508 g/mol. The standard InChI is InChI=1S/C25H22BrN3O2S/c1-16(2)19-7-4-6-10-22(19)29-24(31)20-8-3-5-9-21(20)28-25(29)32-15-23(30)27-18-13-11-17(26)12-14-18/h3-14,16H,15H2,1-2H3,(H,27,30). The van der Waals surface area contributed by atoms with E-state index in [0.29, 0.717) is 21.7 Å². The van der Waals surface area contributed by atoms with Crippen LogP contribution in [0, 0.1) is 0 Å². The van der Waals surface area contributed by atoms with Crippen LogP contribution in [0.1, 0.15) is 25.3 Å². The van der Waals surface area contributed by atoms with Crippen LogP contribution >= 0.6 is 27.7 Å². The van der Waals surface area contributed by atoms with Crippen LogP contribution in [0.15, 0.2) is 87.2 Å². The zero-order valence-electron chi connectivity index (χ0n) is 17.7. The molecule has 1 amide bonds. The van der Waals surface area contributed by atoms with E-state index in [0.717, 1.165) is 15.7 Å². The maximum Gasteiger partial charge on any atom is 0.266 e. The summed E-state index contributed by atoms with van der Waals surface area (Å²) >= 11 is 4.64. The first-order chi connectivity index (χ1) is 15.4. The Kier molecular flexibility index (Phi) is 6.77. The summed E-state index contributed by atoms with van der Waals surface area (Å²) in [6.45, 7) is 4.19. The molecule has 1 heterocycles. The van der Waals surface area contributed by atoms with Crippen LogP contribution < -0.4 is 10.9 Å². The van der Waals surface area contributed by atoms with Crippen LogP contribution in [0.4, 0.5) is 5.69 Å². The first-order valence-corrected chi connectivity index (χ1v) is 12.0. The van der Waals surface area contributed by atoms with Gasteiger partial charge in [0.15, 0.2) is 5.16 Å². The van der Waals surface area contributed by atoms with Crippen molar-refractivity contribution in [2.24, 2.45) is 0 Å². The Balaban J connectivity index is 1.72. The minimum absolute atomic E-state index is 0.130. The summed E-state index contributed by atoms with van der Waals surface area (Å²) in [5, 5.41) is 3.93. The monoisotopic (exact) mass is 507 g/mol. The lowest BCUT2D eigenvalue weighted by molar-refractivity contribution is -0.113. The van der Waals surface area contributed by atoms with Gasteiger partial charge >= 0.3 is 0 Å². The van der Waals surface area contributed by atoms with Gasteiger partial charge < -0.3 is 5.32 Å². The van der Waals surface area contributed by atoms with Gasteiger partial charge in [0.2, 0.25) is 5.91 Å². The summed E-state index contributed by atoms with van der Waals surface area (Å²) in [7, 11) is 0. The van der Waals surface area contributed by atoms with Crippen molar-refractivity contribution >= 4 is 50.2 Å². The molecule has 0 atom stereocenters. The van der Waals surface area contributed by atoms with E-state index in [1.54, 1.807) is 10.6 Å². The third-order valence-corrected chi connectivity index (χ3v) is 6.47. The molecular weight excluding hydrogens is 486 g/mol. The van der Waals surface area contributed by atoms with Gasteiger partial charge in [0, 0.05) is 10.2 Å². The van der Waals surface area contributed by atoms with Crippen molar-refractivity contribution in [2.75, 3.05) is 11.1 Å². The Bertz CT molecular complexity index is 1330. The van der Waals surface area contributed by atoms with Gasteiger partial charge in [-0.2, -0.15) is 0 Å². The molecule has 0 saturated carbocycles. The smallest absolute Gasteiger partial charge is 0.266 e. The molecule has 0 unspecified atom stereocenters. The number of rotatable bonds is 6. The van der Waals surface area contributed by atoms with Gasteiger partial charge in [-0.15, -0.1) is 0 Å². The minimum atomic E-state index is -0.163. The summed E-state index contributed by atoms with van der Waals surface area (Å²) in [5.74, 6) is 0.191. The number of carbonyl (C=O) groups excluding carboxylic acids is 1. The molecule has 4 aromatic rings. The molecule has 5 nitrogen and oxygen atoms in total. The minimum Gasteiger partial charge on any atom is -0.325 e. The molecule has 0 aliphatic carbocycles. The molecule has 0 spiro atoms. The molecule has 7 heteroatoms. The van der Waals surface area contributed by atoms with Gasteiger partial charge in [-0.25, -0.2) is 4.98 Å². The molecule has 0 bridgehead atoms. The maximum absolute atomic E-state index is 13.5. The van der Waals surface area contributed by atoms with Crippen LogP contribution in [0.2, 0.25) is 0 Å². The third kappa shape index (κ3) is 4.79. The van der Waals surface area contributed by atoms with Gasteiger partial charge in [0.05, 0.1) is 22.3 Å². The summed E-state index contributed by atoms with van der Waals surface area (Å²) in [5.41, 5.74) is 3.04. The van der Waals surface area contributed by atoms with E-state index in [1.807, 2.05) is 66.7 Å². The second kappa shape index (κ2) is 9.71. The molecule has 0 aliphatic heterocycles. The topological polar surface area (TPSA) is 64.0 Å². The third-order valence-electron chi connectivity index (χ3n) is 5.00. The molecule has 0 aliphatic rings. The van der Waals surface area contributed by atoms with Gasteiger partial charge in [-0.1, -0.05) is 71.9 Å². The number of aromatic nitrogens is 2. The quantitative estimate of drug-likeness (QED) is 0.256. The molecule has 0 fully saturated rings. The summed E-state index contributed by atoms with van der Waals surface area (Å²) in [6.07, 6.45) is 0. The van der Waals surface area contributed by atoms with E-state index in [4.69, 9.17) is 4.98 Å². The van der Waals surface area contributed by atoms with Crippen molar-refractivity contribution in [3.05, 3.63) is 93.2 Å². The van der Waals surface area contributed by atoms with Crippen molar-refractivity contribution < 1.29 is 4.79 Å². The Labute approximate surface area is 199 Å². The number of para-hydroxylation sites is 2. The fourth-order valence-corrected chi connectivity index (χ4v) is 4.53. The molecule has 0 saturated heterocycles. The Hall–Kier alpha value is -2.90. The van der Waals surface area contributed by atoms with Crippen molar-refractivity contribution in [1.82, 2.24) is 9.55 Å². The largest absolute Gasteiger partial charge is 0.325 e. The molecule has 0 radical (unpaired) electrons. The van der Waals surface area contributed by atoms with E-state index in [2.05, 4.69) is 35.1 Å². The number of carbonyl (C=O) groups is 1. The molecule has 32 heavy (non-hydrogen) atoms. The van der Waals surface area contributed by atoms with Gasteiger partial charge in [-0.3, -0.25) is 14.2 Å². The fourth-order valence-electron chi connectivity index (χ4n) is 3.46. The maximum atomic E-state index is 13.5. The Morgan fingerprint density at radius 2 is 1.72 bits per heavy atom. The first kappa shape index (κ1) is 22.3. The number of nitrogens with one attached hydrogen (secondary N) is 1. The van der Waals surface area contributed by atoms with Crippen molar-refractivity contribution in [3.8, 4) is 5.69 Å². The van der Waals surface area contributed by atoms with E-state index in [-0.39, 0.29) is 23.1 Å². The van der Waals surface area contributed by atoms with Gasteiger partial charge in [-0.05, 0) is 53.9 Å². The lowest BCUT2D eigenvalue weighted by Crippen LogP contribution is -2.24. The molecule has 1 N–H and O–H groups in total. The Morgan fingerprint density at radius 1 is 1.03 bits per heavy atom. The number of thioether (sulfide) groups is 1. The van der Waals surface area contributed by atoms with Gasteiger partial charge in [0.1, 0.15) is 0 Å². The lowest BCUT2D eigenvalue weighted by atomic mass is 10.0. The van der Waals surface area contributed by atoms with Crippen LogP contribution in [0.5, 0.6) is 0 Å². The number of anilines is 1. The van der Waals surface area contributed by atoms with E-state index >= 15 is 0 Å². The van der Waals surface area contributed by atoms with Gasteiger partial charge in [0.25, 0.3) is 5.56 Å². The molecule has 162 valence electrons. The molecule has 3 aromatic carbocycles. The summed E-state index contributed by atoms with van der Waals surface area (Å²) in [4.78, 5) is 30.8. The predicted octanol–water partition coefficient (Wildman–Crippen LogP) is 6.00. The number of halogens is 1. The van der Waals surface area contributed by atoms with Crippen LogP contribution in [-0.4, -0.2) is 21.2 Å². The highest BCUT2D eigenvalue weighted by molar-refractivity contribution is 9.10. The fraction of sp³-hybridized carbons (Fsp3) is 0.160. The zero-order chi connectivity index (χ0) is 22.7. The van der Waals surface area contributed by atoms with E-state index in [9.17, 15) is 9.59 Å². The molecule has 1 aromatic heterocycles. The van der Waals surface area contributed by atoms with E-state index in [1.165, 1.54) is 11.8 Å². The number of fused-ring (bicyclic) bond motifs is 1. The lowest BCUT2D eigenvalue weighted by Gasteiger charge is -2.18. The zero-order valence-corrected chi connectivity index (χ0v) is 20.1. The van der Waals surface area contributed by atoms with Crippen LogP contribution in [-0.2, 0) is 4.79 Å². The number of amides is 1. The highest BCUT2D eigenvalue weighted by Gasteiger charge is 2.18. The molecule has 4 rings (SSSR count). The highest BCUT2D eigenvalue weighted by atomic mass is 79.9. The van der Waals surface area contributed by atoms with Crippen molar-refractivity contribution in [1.29, 1.82) is 0 Å². The number of benzene rings is 3. The number of nitrogens with zero attached hydrogens (tertiary/aromatic N) is 2. The number of hydrogen-bond donors (Lipinski definition) is 1. The van der Waals surface area contributed by atoms with Crippen molar-refractivity contribution in [3.63, 3.8) is 0 Å². The summed E-state index contributed by atoms with van der Waals surface area (Å²) < 4.78 is 2.58. The highest BCUT2D eigenvalue weighted by Crippen LogP contribution is 2.27. The second-order valence-corrected chi connectivity index (χ2v) is 9.47. The second-order valence-electron chi connectivity index (χ2n) is 7.61.